The van der Waals surface area contributed by atoms with Crippen LogP contribution >= 0.6 is 0 Å². The number of hydrogen-bond acceptors (Lipinski definition) is 4. The number of aromatic hydroxyl groups is 1. The van der Waals surface area contributed by atoms with Gasteiger partial charge in [-0.2, -0.15) is 0 Å². The lowest BCUT2D eigenvalue weighted by Gasteiger charge is -2.42. The molecule has 0 bridgehead atoms. The van der Waals surface area contributed by atoms with Gasteiger partial charge < -0.3 is 5.11 Å². The van der Waals surface area contributed by atoms with E-state index < -0.39 is 0 Å². The Morgan fingerprint density at radius 2 is 0.943 bits per heavy atom. The molecule has 1 aromatic heterocycles. The molecule has 0 unspecified atom stereocenters. The molecule has 198 valence electrons. The highest BCUT2D eigenvalue weighted by molar-refractivity contribution is 5.06. The molecule has 0 radical (unpaired) electrons. The number of imidazole rings is 1. The van der Waals surface area contributed by atoms with E-state index in [9.17, 15) is 9.90 Å². The Labute approximate surface area is 212 Å². The van der Waals surface area contributed by atoms with Crippen molar-refractivity contribution in [3.8, 4) is 5.88 Å². The van der Waals surface area contributed by atoms with Crippen molar-refractivity contribution >= 4 is 0 Å². The van der Waals surface area contributed by atoms with Gasteiger partial charge in [-0.1, -0.05) is 77.0 Å². The third-order valence-electron chi connectivity index (χ3n) is 9.82. The van der Waals surface area contributed by atoms with Crippen LogP contribution in [0.2, 0.25) is 0 Å². The summed E-state index contributed by atoms with van der Waals surface area (Å²) in [5.74, 6) is 0.152. The quantitative estimate of drug-likeness (QED) is 0.475. The van der Waals surface area contributed by atoms with Crippen molar-refractivity contribution in [2.24, 2.45) is 0 Å². The first-order chi connectivity index (χ1) is 17.2. The van der Waals surface area contributed by atoms with Crippen molar-refractivity contribution in [2.45, 2.75) is 166 Å². The van der Waals surface area contributed by atoms with E-state index in [1.807, 2.05) is 4.57 Å². The molecule has 4 fully saturated rings. The van der Waals surface area contributed by atoms with Crippen LogP contribution in [0.15, 0.2) is 11.0 Å². The van der Waals surface area contributed by atoms with Gasteiger partial charge in [-0.3, -0.25) is 14.4 Å². The zero-order valence-corrected chi connectivity index (χ0v) is 22.1. The van der Waals surface area contributed by atoms with Crippen LogP contribution in [-0.4, -0.2) is 48.2 Å². The monoisotopic (exact) mass is 486 g/mol. The maximum atomic E-state index is 13.7. The van der Waals surface area contributed by atoms with Crippen molar-refractivity contribution in [1.29, 1.82) is 0 Å². The van der Waals surface area contributed by atoms with E-state index in [1.54, 1.807) is 10.8 Å². The number of hydrogen-bond donors (Lipinski definition) is 1. The molecule has 0 aromatic carbocycles. The summed E-state index contributed by atoms with van der Waals surface area (Å²) in [7, 11) is 0. The van der Waals surface area contributed by atoms with Gasteiger partial charge >= 0.3 is 5.69 Å². The molecule has 5 rings (SSSR count). The zero-order chi connectivity index (χ0) is 24.0. The van der Waals surface area contributed by atoms with Crippen LogP contribution in [0.3, 0.4) is 0 Å². The highest BCUT2D eigenvalue weighted by Gasteiger charge is 2.32. The molecule has 1 heterocycles. The lowest BCUT2D eigenvalue weighted by atomic mass is 9.89. The van der Waals surface area contributed by atoms with Crippen molar-refractivity contribution in [2.75, 3.05) is 0 Å². The first kappa shape index (κ1) is 25.4. The van der Waals surface area contributed by atoms with E-state index in [1.165, 1.54) is 128 Å². The summed E-state index contributed by atoms with van der Waals surface area (Å²) < 4.78 is 3.52. The average Bonchev–Trinajstić information content (AvgIpc) is 3.19. The second-order valence-electron chi connectivity index (χ2n) is 12.1. The maximum absolute atomic E-state index is 13.7. The highest BCUT2D eigenvalue weighted by Crippen LogP contribution is 2.32. The van der Waals surface area contributed by atoms with Gasteiger partial charge in [0.1, 0.15) is 0 Å². The van der Waals surface area contributed by atoms with E-state index in [4.69, 9.17) is 0 Å². The molecule has 6 heteroatoms. The summed E-state index contributed by atoms with van der Waals surface area (Å²) in [6, 6.07) is 2.29. The molecule has 0 amide bonds. The fourth-order valence-corrected chi connectivity index (χ4v) is 7.80. The fourth-order valence-electron chi connectivity index (χ4n) is 7.80. The molecular weight excluding hydrogens is 436 g/mol. The summed E-state index contributed by atoms with van der Waals surface area (Å²) >= 11 is 0. The van der Waals surface area contributed by atoms with Crippen LogP contribution in [0, 0.1) is 0 Å². The Kier molecular flexibility index (Phi) is 8.93. The molecule has 4 aliphatic carbocycles. The summed E-state index contributed by atoms with van der Waals surface area (Å²) in [6.07, 6.45) is 27.6. The van der Waals surface area contributed by atoms with Crippen LogP contribution in [0.4, 0.5) is 0 Å². The molecule has 6 nitrogen and oxygen atoms in total. The standard InChI is InChI=1S/C29H50N4O2/c34-28-21-30(22-31(24-13-5-1-6-14-24)25-15-7-2-8-16-25)29(35)33(28)23-32(26-17-9-3-10-18-26)27-19-11-4-12-20-27/h21,24-27,34H,1-20,22-23H2. The Morgan fingerprint density at radius 1 is 0.600 bits per heavy atom. The van der Waals surface area contributed by atoms with Gasteiger partial charge in [0.2, 0.25) is 5.88 Å². The van der Waals surface area contributed by atoms with Crippen molar-refractivity contribution in [3.63, 3.8) is 0 Å². The van der Waals surface area contributed by atoms with Crippen LogP contribution in [0.25, 0.3) is 0 Å². The smallest absolute Gasteiger partial charge is 0.333 e. The molecule has 0 aliphatic heterocycles. The van der Waals surface area contributed by atoms with E-state index in [2.05, 4.69) is 9.80 Å². The molecule has 1 N–H and O–H groups in total. The van der Waals surface area contributed by atoms with Crippen LogP contribution in [0.1, 0.15) is 128 Å². The molecule has 35 heavy (non-hydrogen) atoms. The highest BCUT2D eigenvalue weighted by atomic mass is 16.3. The second-order valence-corrected chi connectivity index (χ2v) is 12.1. The van der Waals surface area contributed by atoms with Gasteiger partial charge in [0.05, 0.1) is 19.5 Å². The number of aromatic nitrogens is 2. The van der Waals surface area contributed by atoms with Crippen LogP contribution < -0.4 is 5.69 Å². The second kappa shape index (κ2) is 12.3. The third kappa shape index (κ3) is 6.18. The van der Waals surface area contributed by atoms with Gasteiger partial charge in [0, 0.05) is 24.2 Å². The topological polar surface area (TPSA) is 53.6 Å². The fraction of sp³-hybridized carbons (Fsp3) is 0.897. The summed E-state index contributed by atoms with van der Waals surface area (Å²) in [4.78, 5) is 19.0. The lowest BCUT2D eigenvalue weighted by molar-refractivity contribution is 0.0419. The predicted molar refractivity (Wildman–Crippen MR) is 142 cm³/mol. The minimum Gasteiger partial charge on any atom is -0.493 e. The molecule has 4 aliphatic rings. The first-order valence-electron chi connectivity index (χ1n) is 15.2. The SMILES string of the molecule is O=c1n(CN(C2CCCCC2)C2CCCCC2)cc(O)n1CN(C1CCCCC1)C1CCCCC1. The third-order valence-corrected chi connectivity index (χ3v) is 9.82. The van der Waals surface area contributed by atoms with Crippen molar-refractivity contribution in [3.05, 3.63) is 16.7 Å². The Morgan fingerprint density at radius 3 is 1.31 bits per heavy atom. The normalized spacial score (nSPS) is 24.5. The van der Waals surface area contributed by atoms with Gasteiger partial charge in [-0.25, -0.2) is 9.36 Å². The first-order valence-corrected chi connectivity index (χ1v) is 15.2. The van der Waals surface area contributed by atoms with Gasteiger partial charge in [-0.15, -0.1) is 0 Å². The molecule has 4 saturated carbocycles. The summed E-state index contributed by atoms with van der Waals surface area (Å²) in [5.41, 5.74) is -0.0178. The Bertz CT molecular complexity index is 788. The lowest BCUT2D eigenvalue weighted by Crippen LogP contribution is -2.49. The van der Waals surface area contributed by atoms with E-state index in [-0.39, 0.29) is 11.6 Å². The van der Waals surface area contributed by atoms with Gasteiger partial charge in [0.25, 0.3) is 0 Å². The zero-order valence-electron chi connectivity index (χ0n) is 22.1. The molecule has 1 aromatic rings. The van der Waals surface area contributed by atoms with Gasteiger partial charge in [-0.05, 0) is 51.4 Å². The minimum absolute atomic E-state index is 0.0178. The molecule has 0 atom stereocenters. The van der Waals surface area contributed by atoms with Crippen LogP contribution in [0.5, 0.6) is 5.88 Å². The van der Waals surface area contributed by atoms with Gasteiger partial charge in [0.15, 0.2) is 0 Å². The van der Waals surface area contributed by atoms with E-state index in [0.717, 1.165) is 0 Å². The minimum atomic E-state index is -0.0178. The number of nitrogens with zero attached hydrogens (tertiary/aromatic N) is 4. The van der Waals surface area contributed by atoms with Crippen LogP contribution in [-0.2, 0) is 13.3 Å². The summed E-state index contributed by atoms with van der Waals surface area (Å²) in [6.45, 7) is 1.20. The largest absolute Gasteiger partial charge is 0.493 e. The number of rotatable bonds is 8. The van der Waals surface area contributed by atoms with E-state index >= 15 is 0 Å². The Balaban J connectivity index is 1.35. The molecule has 0 spiro atoms. The molecule has 0 saturated heterocycles. The molecular formula is C29H50N4O2. The van der Waals surface area contributed by atoms with Crippen molar-refractivity contribution in [1.82, 2.24) is 18.9 Å². The predicted octanol–water partition coefficient (Wildman–Crippen LogP) is 6.21. The van der Waals surface area contributed by atoms with Crippen molar-refractivity contribution < 1.29 is 5.11 Å². The average molecular weight is 487 g/mol. The maximum Gasteiger partial charge on any atom is 0.333 e. The Hall–Kier alpha value is -1.27. The summed E-state index contributed by atoms with van der Waals surface area (Å²) in [5, 5.41) is 11.0. The van der Waals surface area contributed by atoms with E-state index in [0.29, 0.717) is 37.5 Å².